The first-order chi connectivity index (χ1) is 12.6. The van der Waals surface area contributed by atoms with Gasteiger partial charge in [-0.1, -0.05) is 23.5 Å². The molecule has 0 saturated carbocycles. The monoisotopic (exact) mass is 369 g/mol. The number of rotatable bonds is 4. The quantitative estimate of drug-likeness (QED) is 0.428. The molecule has 2 aromatic carbocycles. The number of hydrogen-bond acceptors (Lipinski definition) is 7. The zero-order valence-electron chi connectivity index (χ0n) is 13.2. The van der Waals surface area contributed by atoms with Crippen molar-refractivity contribution in [3.8, 4) is 11.5 Å². The summed E-state index contributed by atoms with van der Waals surface area (Å²) in [5.41, 5.74) is 1.23. The molecule has 1 aromatic heterocycles. The lowest BCUT2D eigenvalue weighted by Crippen LogP contribution is -2.07. The molecule has 0 fully saturated rings. The van der Waals surface area contributed by atoms with E-state index in [4.69, 9.17) is 9.47 Å². The molecule has 1 amide bonds. The molecular weight excluding hydrogens is 358 g/mol. The molecule has 2 heterocycles. The van der Waals surface area contributed by atoms with Crippen LogP contribution in [0.5, 0.6) is 11.5 Å². The van der Waals surface area contributed by atoms with Gasteiger partial charge in [0, 0.05) is 30.3 Å². The van der Waals surface area contributed by atoms with Crippen LogP contribution < -0.4 is 14.8 Å². The fourth-order valence-electron chi connectivity index (χ4n) is 2.43. The Morgan fingerprint density at radius 2 is 2.08 bits per heavy atom. The number of nitrogens with zero attached hydrogens (tertiary/aromatic N) is 2. The second-order valence-electron chi connectivity index (χ2n) is 5.37. The second-order valence-corrected chi connectivity index (χ2v) is 6.40. The molecule has 8 nitrogen and oxygen atoms in total. The number of nitro benzene ring substituents is 1. The third kappa shape index (κ3) is 3.20. The number of nitro groups is 1. The molecule has 0 bridgehead atoms. The number of non-ortho nitro benzene ring substituents is 1. The molecule has 9 heteroatoms. The van der Waals surface area contributed by atoms with E-state index >= 15 is 0 Å². The number of benzene rings is 2. The zero-order chi connectivity index (χ0) is 18.1. The minimum Gasteiger partial charge on any atom is -0.454 e. The molecule has 0 saturated heterocycles. The van der Waals surface area contributed by atoms with E-state index in [2.05, 4.69) is 10.3 Å². The standard InChI is InChI=1S/C17H11N3O5S/c21-16(5-4-10-2-1-3-11(6-10)20(22)23)19-17-18-12-7-13-14(25-9-24-13)8-15(12)26-17/h1-8H,9H2,(H,18,19,21)/b5-4+. The minimum absolute atomic E-state index is 0.0313. The van der Waals surface area contributed by atoms with Gasteiger partial charge in [-0.3, -0.25) is 20.2 Å². The first-order valence-electron chi connectivity index (χ1n) is 7.52. The molecule has 0 atom stereocenters. The SMILES string of the molecule is O=C(/C=C/c1cccc([N+](=O)[O-])c1)Nc1nc2cc3c(cc2s1)OCO3. The predicted octanol–water partition coefficient (Wildman–Crippen LogP) is 3.59. The summed E-state index contributed by atoms with van der Waals surface area (Å²) in [5, 5.41) is 13.9. The van der Waals surface area contributed by atoms with E-state index < -0.39 is 4.92 Å². The number of carbonyl (C=O) groups excluding carboxylic acids is 1. The van der Waals surface area contributed by atoms with Crippen LogP contribution in [0.25, 0.3) is 16.3 Å². The molecule has 3 aromatic rings. The van der Waals surface area contributed by atoms with Crippen LogP contribution in [0.1, 0.15) is 5.56 Å². The first-order valence-corrected chi connectivity index (χ1v) is 8.34. The fourth-order valence-corrected chi connectivity index (χ4v) is 3.31. The van der Waals surface area contributed by atoms with Crippen molar-refractivity contribution in [3.05, 3.63) is 58.2 Å². The van der Waals surface area contributed by atoms with E-state index in [1.807, 2.05) is 6.07 Å². The molecule has 4 rings (SSSR count). The number of anilines is 1. The smallest absolute Gasteiger partial charge is 0.270 e. The van der Waals surface area contributed by atoms with E-state index in [1.165, 1.54) is 35.6 Å². The van der Waals surface area contributed by atoms with Crippen LogP contribution in [0, 0.1) is 10.1 Å². The molecular formula is C17H11N3O5S. The summed E-state index contributed by atoms with van der Waals surface area (Å²) < 4.78 is 11.5. The highest BCUT2D eigenvalue weighted by Gasteiger charge is 2.16. The Bertz CT molecular complexity index is 1020. The Hall–Kier alpha value is -3.46. The van der Waals surface area contributed by atoms with Crippen LogP contribution in [0.3, 0.4) is 0 Å². The van der Waals surface area contributed by atoms with E-state index in [-0.39, 0.29) is 18.4 Å². The average Bonchev–Trinajstić information content (AvgIpc) is 3.23. The van der Waals surface area contributed by atoms with Crippen LogP contribution in [0.2, 0.25) is 0 Å². The van der Waals surface area contributed by atoms with Crippen LogP contribution in [0.4, 0.5) is 10.8 Å². The van der Waals surface area contributed by atoms with Crippen LogP contribution in [-0.2, 0) is 4.79 Å². The van der Waals surface area contributed by atoms with Gasteiger partial charge in [-0.2, -0.15) is 0 Å². The molecule has 26 heavy (non-hydrogen) atoms. The maximum absolute atomic E-state index is 12.1. The highest BCUT2D eigenvalue weighted by molar-refractivity contribution is 7.22. The van der Waals surface area contributed by atoms with Gasteiger partial charge in [-0.05, 0) is 11.6 Å². The van der Waals surface area contributed by atoms with Gasteiger partial charge in [0.15, 0.2) is 16.6 Å². The van der Waals surface area contributed by atoms with E-state index in [9.17, 15) is 14.9 Å². The lowest BCUT2D eigenvalue weighted by molar-refractivity contribution is -0.384. The molecule has 0 radical (unpaired) electrons. The van der Waals surface area contributed by atoms with Gasteiger partial charge in [0.05, 0.1) is 15.1 Å². The number of amides is 1. The Balaban J connectivity index is 1.48. The summed E-state index contributed by atoms with van der Waals surface area (Å²) in [4.78, 5) is 26.7. The number of hydrogen-bond donors (Lipinski definition) is 1. The molecule has 0 aliphatic carbocycles. The average molecular weight is 369 g/mol. The fraction of sp³-hybridized carbons (Fsp3) is 0.0588. The van der Waals surface area contributed by atoms with Crippen molar-refractivity contribution in [1.82, 2.24) is 4.98 Å². The van der Waals surface area contributed by atoms with Crippen LogP contribution >= 0.6 is 11.3 Å². The second kappa shape index (κ2) is 6.45. The Kier molecular flexibility index (Phi) is 3.98. The minimum atomic E-state index is -0.483. The van der Waals surface area contributed by atoms with Gasteiger partial charge < -0.3 is 9.47 Å². The maximum atomic E-state index is 12.1. The third-order valence-electron chi connectivity index (χ3n) is 3.62. The predicted molar refractivity (Wildman–Crippen MR) is 96.5 cm³/mol. The highest BCUT2D eigenvalue weighted by atomic mass is 32.1. The molecule has 130 valence electrons. The van der Waals surface area contributed by atoms with Crippen molar-refractivity contribution in [3.63, 3.8) is 0 Å². The van der Waals surface area contributed by atoms with Crippen molar-refractivity contribution in [2.24, 2.45) is 0 Å². The first kappa shape index (κ1) is 16.0. The molecule has 1 aliphatic rings. The summed E-state index contributed by atoms with van der Waals surface area (Å²) in [7, 11) is 0. The van der Waals surface area contributed by atoms with Crippen LogP contribution in [0.15, 0.2) is 42.5 Å². The molecule has 0 unspecified atom stereocenters. The number of aromatic nitrogens is 1. The molecule has 1 aliphatic heterocycles. The lowest BCUT2D eigenvalue weighted by atomic mass is 10.2. The van der Waals surface area contributed by atoms with Crippen molar-refractivity contribution in [1.29, 1.82) is 0 Å². The molecule has 0 spiro atoms. The normalized spacial score (nSPS) is 12.6. The number of ether oxygens (including phenoxy) is 2. The van der Waals surface area contributed by atoms with Gasteiger partial charge >= 0.3 is 0 Å². The van der Waals surface area contributed by atoms with Crippen molar-refractivity contribution in [2.75, 3.05) is 12.1 Å². The van der Waals surface area contributed by atoms with Gasteiger partial charge in [0.1, 0.15) is 0 Å². The van der Waals surface area contributed by atoms with E-state index in [1.54, 1.807) is 18.2 Å². The van der Waals surface area contributed by atoms with Crippen molar-refractivity contribution in [2.45, 2.75) is 0 Å². The maximum Gasteiger partial charge on any atom is 0.270 e. The Morgan fingerprint density at radius 3 is 2.88 bits per heavy atom. The van der Waals surface area contributed by atoms with Crippen LogP contribution in [-0.4, -0.2) is 22.6 Å². The topological polar surface area (TPSA) is 104 Å². The third-order valence-corrected chi connectivity index (χ3v) is 4.55. The van der Waals surface area contributed by atoms with Gasteiger partial charge in [0.2, 0.25) is 12.7 Å². The number of thiazole rings is 1. The van der Waals surface area contributed by atoms with Gasteiger partial charge in [-0.15, -0.1) is 0 Å². The summed E-state index contributed by atoms with van der Waals surface area (Å²) in [6, 6.07) is 9.61. The van der Waals surface area contributed by atoms with Gasteiger partial charge in [-0.25, -0.2) is 4.98 Å². The summed E-state index contributed by atoms with van der Waals surface area (Å²) in [5.74, 6) is 0.909. The van der Waals surface area contributed by atoms with E-state index in [0.717, 1.165) is 4.70 Å². The van der Waals surface area contributed by atoms with Crippen molar-refractivity contribution >= 4 is 44.4 Å². The Labute approximate surface area is 150 Å². The highest BCUT2D eigenvalue weighted by Crippen LogP contribution is 2.38. The summed E-state index contributed by atoms with van der Waals surface area (Å²) in [6.45, 7) is 0.193. The number of nitrogens with one attached hydrogen (secondary N) is 1. The number of carbonyl (C=O) groups is 1. The van der Waals surface area contributed by atoms with Crippen molar-refractivity contribution < 1.29 is 19.2 Å². The van der Waals surface area contributed by atoms with E-state index in [0.29, 0.717) is 27.7 Å². The number of fused-ring (bicyclic) bond motifs is 2. The Morgan fingerprint density at radius 1 is 1.27 bits per heavy atom. The molecule has 1 N–H and O–H groups in total. The van der Waals surface area contributed by atoms with Gasteiger partial charge in [0.25, 0.3) is 5.69 Å². The largest absolute Gasteiger partial charge is 0.454 e. The zero-order valence-corrected chi connectivity index (χ0v) is 14.0. The summed E-state index contributed by atoms with van der Waals surface area (Å²) >= 11 is 1.32. The lowest BCUT2D eigenvalue weighted by Gasteiger charge is -1.96. The summed E-state index contributed by atoms with van der Waals surface area (Å²) in [6.07, 6.45) is 2.81.